The molecule has 1 aliphatic carbocycles. The minimum Gasteiger partial charge on any atom is -0.309 e. The van der Waals surface area contributed by atoms with Crippen molar-refractivity contribution >= 4 is 0 Å². The van der Waals surface area contributed by atoms with Crippen molar-refractivity contribution in [3.63, 3.8) is 0 Å². The first kappa shape index (κ1) is 9.47. The smallest absolute Gasteiger partial charge is 0.0310 e. The van der Waals surface area contributed by atoms with Crippen LogP contribution >= 0.6 is 0 Å². The Labute approximate surface area is 81.7 Å². The highest BCUT2D eigenvalue weighted by molar-refractivity contribution is 5.08. The zero-order valence-corrected chi connectivity index (χ0v) is 9.19. The van der Waals surface area contributed by atoms with Gasteiger partial charge in [-0.2, -0.15) is 0 Å². The van der Waals surface area contributed by atoms with Crippen molar-refractivity contribution in [1.82, 2.24) is 10.2 Å². The van der Waals surface area contributed by atoms with Crippen LogP contribution in [0.25, 0.3) is 0 Å². The average molecular weight is 182 g/mol. The summed E-state index contributed by atoms with van der Waals surface area (Å²) < 4.78 is 0. The van der Waals surface area contributed by atoms with Crippen LogP contribution in [0, 0.1) is 0 Å². The summed E-state index contributed by atoms with van der Waals surface area (Å²) in [7, 11) is 0. The Bertz CT molecular complexity index is 194. The van der Waals surface area contributed by atoms with Gasteiger partial charge in [-0.3, -0.25) is 4.90 Å². The third kappa shape index (κ3) is 1.75. The van der Waals surface area contributed by atoms with E-state index in [1.54, 1.807) is 0 Å². The molecule has 1 spiro atoms. The van der Waals surface area contributed by atoms with Crippen molar-refractivity contribution < 1.29 is 0 Å². The molecule has 1 aliphatic heterocycles. The van der Waals surface area contributed by atoms with Gasteiger partial charge in [0, 0.05) is 30.7 Å². The molecular weight excluding hydrogens is 160 g/mol. The molecule has 1 N–H and O–H groups in total. The molecule has 1 saturated heterocycles. The summed E-state index contributed by atoms with van der Waals surface area (Å²) in [6.07, 6.45) is 4.04. The average Bonchev–Trinajstić information content (AvgIpc) is 2.85. The molecule has 0 unspecified atom stereocenters. The molecule has 0 atom stereocenters. The van der Waals surface area contributed by atoms with E-state index in [0.29, 0.717) is 11.1 Å². The molecule has 2 aliphatic rings. The highest BCUT2D eigenvalue weighted by Crippen LogP contribution is 2.39. The van der Waals surface area contributed by atoms with Crippen LogP contribution < -0.4 is 5.32 Å². The van der Waals surface area contributed by atoms with E-state index in [1.165, 1.54) is 38.9 Å². The van der Waals surface area contributed by atoms with Gasteiger partial charge < -0.3 is 5.32 Å². The van der Waals surface area contributed by atoms with E-state index >= 15 is 0 Å². The molecule has 13 heavy (non-hydrogen) atoms. The van der Waals surface area contributed by atoms with Gasteiger partial charge in [0.05, 0.1) is 0 Å². The minimum absolute atomic E-state index is 0.400. The topological polar surface area (TPSA) is 15.3 Å². The number of hydrogen-bond acceptors (Lipinski definition) is 2. The molecule has 2 rings (SSSR count). The zero-order valence-electron chi connectivity index (χ0n) is 9.19. The Hall–Kier alpha value is -0.0800. The van der Waals surface area contributed by atoms with Gasteiger partial charge in [-0.1, -0.05) is 6.92 Å². The molecule has 0 amide bonds. The maximum atomic E-state index is 3.65. The quantitative estimate of drug-likeness (QED) is 0.698. The van der Waals surface area contributed by atoms with E-state index in [-0.39, 0.29) is 0 Å². The SMILES string of the molecule is CCC(C)(C)N1CCNC2(CC2)C1. The first-order chi connectivity index (χ1) is 6.08. The maximum absolute atomic E-state index is 3.65. The molecule has 2 fully saturated rings. The fraction of sp³-hybridized carbons (Fsp3) is 1.00. The van der Waals surface area contributed by atoms with Crippen molar-refractivity contribution in [2.75, 3.05) is 19.6 Å². The van der Waals surface area contributed by atoms with E-state index in [1.807, 2.05) is 0 Å². The second kappa shape index (κ2) is 2.96. The zero-order chi connectivity index (χ0) is 9.53. The van der Waals surface area contributed by atoms with Crippen molar-refractivity contribution in [1.29, 1.82) is 0 Å². The fourth-order valence-corrected chi connectivity index (χ4v) is 2.18. The predicted molar refractivity (Wildman–Crippen MR) is 55.9 cm³/mol. The molecule has 0 aromatic carbocycles. The van der Waals surface area contributed by atoms with E-state index < -0.39 is 0 Å². The lowest BCUT2D eigenvalue weighted by Crippen LogP contribution is -2.58. The van der Waals surface area contributed by atoms with Gasteiger partial charge in [-0.15, -0.1) is 0 Å². The van der Waals surface area contributed by atoms with Gasteiger partial charge in [0.15, 0.2) is 0 Å². The van der Waals surface area contributed by atoms with Crippen molar-refractivity contribution in [3.8, 4) is 0 Å². The van der Waals surface area contributed by atoms with Gasteiger partial charge in [0.25, 0.3) is 0 Å². The number of piperazine rings is 1. The standard InChI is InChI=1S/C11H22N2/c1-4-10(2,3)13-8-7-12-11(9-13)5-6-11/h12H,4-9H2,1-3H3. The van der Waals surface area contributed by atoms with Crippen molar-refractivity contribution in [2.24, 2.45) is 0 Å². The molecule has 0 bridgehead atoms. The molecular formula is C11H22N2. The molecule has 1 heterocycles. The van der Waals surface area contributed by atoms with Gasteiger partial charge >= 0.3 is 0 Å². The summed E-state index contributed by atoms with van der Waals surface area (Å²) in [4.78, 5) is 2.66. The predicted octanol–water partition coefficient (Wildman–Crippen LogP) is 1.61. The van der Waals surface area contributed by atoms with Crippen LogP contribution in [0.2, 0.25) is 0 Å². The van der Waals surface area contributed by atoms with Crippen LogP contribution in [0.15, 0.2) is 0 Å². The lowest BCUT2D eigenvalue weighted by Gasteiger charge is -2.44. The summed E-state index contributed by atoms with van der Waals surface area (Å²) in [5, 5.41) is 3.65. The van der Waals surface area contributed by atoms with E-state index in [9.17, 15) is 0 Å². The fourth-order valence-electron chi connectivity index (χ4n) is 2.18. The molecule has 0 aromatic rings. The van der Waals surface area contributed by atoms with Crippen LogP contribution in [0.1, 0.15) is 40.0 Å². The second-order valence-corrected chi connectivity index (χ2v) is 5.29. The van der Waals surface area contributed by atoms with E-state index in [4.69, 9.17) is 0 Å². The third-order valence-corrected chi connectivity index (χ3v) is 3.95. The van der Waals surface area contributed by atoms with Crippen molar-refractivity contribution in [2.45, 2.75) is 51.1 Å². The highest BCUT2D eigenvalue weighted by Gasteiger charge is 2.47. The molecule has 0 radical (unpaired) electrons. The molecule has 2 heteroatoms. The monoisotopic (exact) mass is 182 g/mol. The van der Waals surface area contributed by atoms with Crippen LogP contribution in [0.4, 0.5) is 0 Å². The maximum Gasteiger partial charge on any atom is 0.0310 e. The van der Waals surface area contributed by atoms with Gasteiger partial charge in [0.2, 0.25) is 0 Å². The molecule has 0 aromatic heterocycles. The Kier molecular flexibility index (Phi) is 2.16. The van der Waals surface area contributed by atoms with Gasteiger partial charge in [-0.05, 0) is 33.1 Å². The van der Waals surface area contributed by atoms with Crippen LogP contribution in [-0.4, -0.2) is 35.6 Å². The Morgan fingerprint density at radius 3 is 2.62 bits per heavy atom. The summed E-state index contributed by atoms with van der Waals surface area (Å²) in [5.74, 6) is 0. The molecule has 1 saturated carbocycles. The third-order valence-electron chi connectivity index (χ3n) is 3.95. The minimum atomic E-state index is 0.400. The van der Waals surface area contributed by atoms with Gasteiger partial charge in [-0.25, -0.2) is 0 Å². The van der Waals surface area contributed by atoms with Gasteiger partial charge in [0.1, 0.15) is 0 Å². The van der Waals surface area contributed by atoms with Crippen LogP contribution in [-0.2, 0) is 0 Å². The Balaban J connectivity index is 1.99. The largest absolute Gasteiger partial charge is 0.309 e. The number of rotatable bonds is 2. The summed E-state index contributed by atoms with van der Waals surface area (Å²) >= 11 is 0. The van der Waals surface area contributed by atoms with E-state index in [0.717, 1.165) is 0 Å². The van der Waals surface area contributed by atoms with Crippen LogP contribution in [0.5, 0.6) is 0 Å². The summed E-state index contributed by atoms with van der Waals surface area (Å²) in [5.41, 5.74) is 0.933. The van der Waals surface area contributed by atoms with Crippen molar-refractivity contribution in [3.05, 3.63) is 0 Å². The number of hydrogen-bond donors (Lipinski definition) is 1. The number of nitrogens with zero attached hydrogens (tertiary/aromatic N) is 1. The molecule has 2 nitrogen and oxygen atoms in total. The summed E-state index contributed by atoms with van der Waals surface area (Å²) in [6, 6.07) is 0. The summed E-state index contributed by atoms with van der Waals surface area (Å²) in [6.45, 7) is 10.7. The highest BCUT2D eigenvalue weighted by atomic mass is 15.3. The molecule has 76 valence electrons. The normalized spacial score (nSPS) is 27.9. The number of nitrogens with one attached hydrogen (secondary N) is 1. The lowest BCUT2D eigenvalue weighted by atomic mass is 9.96. The Morgan fingerprint density at radius 2 is 2.08 bits per heavy atom. The Morgan fingerprint density at radius 1 is 1.38 bits per heavy atom. The first-order valence-electron chi connectivity index (χ1n) is 5.58. The lowest BCUT2D eigenvalue weighted by molar-refractivity contribution is 0.0731. The van der Waals surface area contributed by atoms with E-state index in [2.05, 4.69) is 31.0 Å². The first-order valence-corrected chi connectivity index (χ1v) is 5.58. The van der Waals surface area contributed by atoms with Crippen LogP contribution in [0.3, 0.4) is 0 Å². The second-order valence-electron chi connectivity index (χ2n) is 5.29.